The number of amides is 1. The maximum Gasteiger partial charge on any atom is 0.407 e. The van der Waals surface area contributed by atoms with Crippen LogP contribution < -0.4 is 10.1 Å². The Morgan fingerprint density at radius 1 is 1.16 bits per heavy atom. The summed E-state index contributed by atoms with van der Waals surface area (Å²) in [4.78, 5) is 23.2. The van der Waals surface area contributed by atoms with Gasteiger partial charge in [0.2, 0.25) is 0 Å². The Hall–Kier alpha value is -3.02. The van der Waals surface area contributed by atoms with Crippen LogP contribution in [-0.4, -0.2) is 24.3 Å². The second kappa shape index (κ2) is 8.73. The van der Waals surface area contributed by atoms with Gasteiger partial charge in [0.1, 0.15) is 12.4 Å². The van der Waals surface area contributed by atoms with Crippen molar-refractivity contribution in [2.75, 3.05) is 7.11 Å². The van der Waals surface area contributed by atoms with Crippen LogP contribution >= 0.6 is 0 Å². The number of nitrogens with one attached hydrogen (secondary N) is 1. The number of alkyl carbamates (subject to hydrolysis) is 1. The minimum Gasteiger partial charge on any atom is -0.497 e. The topological polar surface area (TPSA) is 84.9 Å². The molecule has 0 saturated heterocycles. The van der Waals surface area contributed by atoms with Crippen molar-refractivity contribution in [1.29, 1.82) is 0 Å². The van der Waals surface area contributed by atoms with Crippen molar-refractivity contribution in [3.63, 3.8) is 0 Å². The van der Waals surface area contributed by atoms with Gasteiger partial charge in [-0.15, -0.1) is 0 Å². The molecule has 25 heavy (non-hydrogen) atoms. The Bertz CT molecular complexity index is 730. The smallest absolute Gasteiger partial charge is 0.407 e. The minimum absolute atomic E-state index is 0.119. The molecule has 0 saturated carbocycles. The molecule has 1 atom stereocenters. The first-order valence-electron chi connectivity index (χ1n) is 7.83. The predicted octanol–water partition coefficient (Wildman–Crippen LogP) is 3.45. The summed E-state index contributed by atoms with van der Waals surface area (Å²) in [7, 11) is 1.56. The maximum atomic E-state index is 12.1. The Kier molecular flexibility index (Phi) is 6.39. The molecule has 0 aliphatic heterocycles. The van der Waals surface area contributed by atoms with E-state index < -0.39 is 18.1 Å². The lowest BCUT2D eigenvalue weighted by atomic mass is 9.98. The number of hydrogen-bond acceptors (Lipinski definition) is 4. The summed E-state index contributed by atoms with van der Waals surface area (Å²) in [6.07, 6.45) is -0.904. The van der Waals surface area contributed by atoms with Gasteiger partial charge in [-0.05, 0) is 35.7 Å². The molecule has 0 fully saturated rings. The maximum absolute atomic E-state index is 12.1. The first kappa shape index (κ1) is 18.3. The van der Waals surface area contributed by atoms with Crippen molar-refractivity contribution >= 4 is 12.1 Å². The quantitative estimate of drug-likeness (QED) is 0.804. The molecule has 0 unspecified atom stereocenters. The van der Waals surface area contributed by atoms with Crippen LogP contribution in [-0.2, 0) is 16.1 Å². The summed E-state index contributed by atoms with van der Waals surface area (Å²) in [5.74, 6) is -0.342. The van der Waals surface area contributed by atoms with Gasteiger partial charge in [0.15, 0.2) is 0 Å². The zero-order chi connectivity index (χ0) is 18.2. The Morgan fingerprint density at radius 2 is 1.88 bits per heavy atom. The van der Waals surface area contributed by atoms with Gasteiger partial charge in [-0.2, -0.15) is 0 Å². The van der Waals surface area contributed by atoms with E-state index in [1.54, 1.807) is 25.3 Å². The molecule has 0 aliphatic carbocycles. The van der Waals surface area contributed by atoms with E-state index >= 15 is 0 Å². The highest BCUT2D eigenvalue weighted by molar-refractivity contribution is 5.72. The highest BCUT2D eigenvalue weighted by Gasteiger charge is 2.21. The second-order valence-corrected chi connectivity index (χ2v) is 5.58. The summed E-state index contributed by atoms with van der Waals surface area (Å²) in [6.45, 7) is 1.96. The van der Waals surface area contributed by atoms with Crippen LogP contribution in [0.15, 0.2) is 48.5 Å². The number of rotatable bonds is 7. The zero-order valence-electron chi connectivity index (χ0n) is 14.2. The predicted molar refractivity (Wildman–Crippen MR) is 92.5 cm³/mol. The fourth-order valence-electron chi connectivity index (χ4n) is 2.49. The van der Waals surface area contributed by atoms with Crippen LogP contribution in [0, 0.1) is 6.92 Å². The number of aliphatic carboxylic acids is 1. The number of benzene rings is 2. The van der Waals surface area contributed by atoms with Crippen LogP contribution in [0.25, 0.3) is 0 Å². The van der Waals surface area contributed by atoms with Crippen molar-refractivity contribution < 1.29 is 24.2 Å². The fourth-order valence-corrected chi connectivity index (χ4v) is 2.49. The SMILES string of the molecule is COc1ccc([C@@H](CC(=O)O)NC(=O)OCc2ccccc2)c(C)c1. The van der Waals surface area contributed by atoms with Gasteiger partial charge >= 0.3 is 12.1 Å². The number of methoxy groups -OCH3 is 1. The highest BCUT2D eigenvalue weighted by atomic mass is 16.5. The molecule has 2 N–H and O–H groups in total. The average molecular weight is 343 g/mol. The number of carboxylic acids is 1. The van der Waals surface area contributed by atoms with Crippen LogP contribution in [0.3, 0.4) is 0 Å². The molecule has 0 aliphatic rings. The minimum atomic E-state index is -1.01. The van der Waals surface area contributed by atoms with Crippen LogP contribution in [0.4, 0.5) is 4.79 Å². The first-order chi connectivity index (χ1) is 12.0. The van der Waals surface area contributed by atoms with Crippen molar-refractivity contribution in [3.8, 4) is 5.75 Å². The molecule has 2 rings (SSSR count). The molecule has 0 spiro atoms. The lowest BCUT2D eigenvalue weighted by molar-refractivity contribution is -0.137. The van der Waals surface area contributed by atoms with Crippen LogP contribution in [0.1, 0.15) is 29.2 Å². The molecule has 0 heterocycles. The molecule has 6 nitrogen and oxygen atoms in total. The Balaban J connectivity index is 2.06. The van der Waals surface area contributed by atoms with Crippen molar-refractivity contribution in [3.05, 3.63) is 65.2 Å². The summed E-state index contributed by atoms with van der Waals surface area (Å²) >= 11 is 0. The van der Waals surface area contributed by atoms with E-state index in [0.29, 0.717) is 11.3 Å². The largest absolute Gasteiger partial charge is 0.497 e. The number of aryl methyl sites for hydroxylation is 1. The molecule has 6 heteroatoms. The van der Waals surface area contributed by atoms with Gasteiger partial charge in [-0.3, -0.25) is 4.79 Å². The summed E-state index contributed by atoms with van der Waals surface area (Å²) in [5, 5.41) is 11.8. The lowest BCUT2D eigenvalue weighted by Crippen LogP contribution is -2.31. The number of hydrogen-bond donors (Lipinski definition) is 2. The second-order valence-electron chi connectivity index (χ2n) is 5.58. The van der Waals surface area contributed by atoms with Gasteiger partial charge in [0.05, 0.1) is 19.6 Å². The van der Waals surface area contributed by atoms with E-state index in [0.717, 1.165) is 11.1 Å². The van der Waals surface area contributed by atoms with E-state index in [4.69, 9.17) is 14.6 Å². The van der Waals surface area contributed by atoms with Gasteiger partial charge < -0.3 is 19.9 Å². The molecule has 2 aromatic carbocycles. The van der Waals surface area contributed by atoms with Crippen molar-refractivity contribution in [2.45, 2.75) is 26.0 Å². The van der Waals surface area contributed by atoms with Gasteiger partial charge in [0, 0.05) is 0 Å². The third-order valence-corrected chi connectivity index (χ3v) is 3.74. The van der Waals surface area contributed by atoms with Crippen molar-refractivity contribution in [1.82, 2.24) is 5.32 Å². The zero-order valence-corrected chi connectivity index (χ0v) is 14.2. The third-order valence-electron chi connectivity index (χ3n) is 3.74. The average Bonchev–Trinajstić information content (AvgIpc) is 2.59. The van der Waals surface area contributed by atoms with E-state index in [-0.39, 0.29) is 13.0 Å². The summed E-state index contributed by atoms with van der Waals surface area (Å²) in [6, 6.07) is 13.8. The molecule has 0 radical (unpaired) electrons. The molecule has 1 amide bonds. The molecule has 132 valence electrons. The van der Waals surface area contributed by atoms with Crippen molar-refractivity contribution in [2.24, 2.45) is 0 Å². The van der Waals surface area contributed by atoms with E-state index in [1.807, 2.05) is 37.3 Å². The molecule has 0 bridgehead atoms. The molecular formula is C19H21NO5. The molecule has 2 aromatic rings. The van der Waals surface area contributed by atoms with E-state index in [9.17, 15) is 9.59 Å². The standard InChI is InChI=1S/C19H21NO5/c1-13-10-15(24-2)8-9-16(13)17(11-18(21)22)20-19(23)25-12-14-6-4-3-5-7-14/h3-10,17H,11-12H2,1-2H3,(H,20,23)(H,21,22)/t17-/m1/s1. The number of carboxylic acid groups (broad SMARTS) is 1. The Morgan fingerprint density at radius 3 is 2.48 bits per heavy atom. The third kappa shape index (κ3) is 5.53. The fraction of sp³-hybridized carbons (Fsp3) is 0.263. The van der Waals surface area contributed by atoms with Gasteiger partial charge in [0.25, 0.3) is 0 Å². The highest BCUT2D eigenvalue weighted by Crippen LogP contribution is 2.25. The van der Waals surface area contributed by atoms with E-state index in [2.05, 4.69) is 5.32 Å². The first-order valence-corrected chi connectivity index (χ1v) is 7.83. The van der Waals surface area contributed by atoms with Gasteiger partial charge in [-0.1, -0.05) is 36.4 Å². The van der Waals surface area contributed by atoms with Crippen LogP contribution in [0.5, 0.6) is 5.75 Å². The number of ether oxygens (including phenoxy) is 2. The normalized spacial score (nSPS) is 11.4. The summed E-state index contributed by atoms with van der Waals surface area (Å²) < 4.78 is 10.3. The lowest BCUT2D eigenvalue weighted by Gasteiger charge is -2.20. The number of carbonyl (C=O) groups excluding carboxylic acids is 1. The number of carbonyl (C=O) groups is 2. The monoisotopic (exact) mass is 343 g/mol. The molecular weight excluding hydrogens is 322 g/mol. The van der Waals surface area contributed by atoms with Gasteiger partial charge in [-0.25, -0.2) is 4.79 Å². The summed E-state index contributed by atoms with van der Waals surface area (Å²) in [5.41, 5.74) is 2.39. The Labute approximate surface area is 146 Å². The van der Waals surface area contributed by atoms with Crippen LogP contribution in [0.2, 0.25) is 0 Å². The van der Waals surface area contributed by atoms with E-state index in [1.165, 1.54) is 0 Å². The molecule has 0 aromatic heterocycles.